The highest BCUT2D eigenvalue weighted by atomic mass is 19.1. The van der Waals surface area contributed by atoms with Crippen molar-refractivity contribution in [2.24, 2.45) is 0 Å². The van der Waals surface area contributed by atoms with Crippen LogP contribution in [0.25, 0.3) is 0 Å². The van der Waals surface area contributed by atoms with Gasteiger partial charge >= 0.3 is 0 Å². The quantitative estimate of drug-likeness (QED) is 0.872. The summed E-state index contributed by atoms with van der Waals surface area (Å²) in [5.74, 6) is -2.30. The number of aromatic nitrogens is 1. The fourth-order valence-electron chi connectivity index (χ4n) is 2.08. The Labute approximate surface area is 119 Å². The number of fused-ring (bicyclic) bond motifs is 1. The van der Waals surface area contributed by atoms with Crippen molar-refractivity contribution in [1.82, 2.24) is 9.99 Å². The number of carbonyl (C=O) groups excluding carboxylic acids is 2. The molecule has 2 aromatic rings. The number of hydrazine groups is 1. The molecule has 0 radical (unpaired) electrons. The van der Waals surface area contributed by atoms with E-state index >= 15 is 0 Å². The lowest BCUT2D eigenvalue weighted by Gasteiger charge is -2.15. The summed E-state index contributed by atoms with van der Waals surface area (Å²) < 4.78 is 19.0. The molecule has 21 heavy (non-hydrogen) atoms. The monoisotopic (exact) mass is 287 g/mol. The summed E-state index contributed by atoms with van der Waals surface area (Å²) in [5.41, 5.74) is 2.84. The van der Waals surface area contributed by atoms with Gasteiger partial charge in [0.1, 0.15) is 0 Å². The van der Waals surface area contributed by atoms with Crippen molar-refractivity contribution in [3.63, 3.8) is 0 Å². The van der Waals surface area contributed by atoms with E-state index in [1.165, 1.54) is 31.6 Å². The van der Waals surface area contributed by atoms with Gasteiger partial charge in [0.25, 0.3) is 11.8 Å². The number of nitrogens with zero attached hydrogens (tertiary/aromatic N) is 2. The molecule has 1 N–H and O–H groups in total. The van der Waals surface area contributed by atoms with Crippen LogP contribution in [0.15, 0.2) is 36.7 Å². The fraction of sp³-hybridized carbons (Fsp3) is 0.0714. The zero-order chi connectivity index (χ0) is 15.0. The van der Waals surface area contributed by atoms with E-state index in [4.69, 9.17) is 4.74 Å². The van der Waals surface area contributed by atoms with Crippen LogP contribution in [-0.2, 0) is 0 Å². The summed E-state index contributed by atoms with van der Waals surface area (Å²) in [6, 6.07) is 5.85. The molecule has 0 atom stereocenters. The first-order valence-corrected chi connectivity index (χ1v) is 6.05. The van der Waals surface area contributed by atoms with E-state index in [-0.39, 0.29) is 16.9 Å². The van der Waals surface area contributed by atoms with Crippen LogP contribution < -0.4 is 10.2 Å². The van der Waals surface area contributed by atoms with Gasteiger partial charge in [0.15, 0.2) is 11.6 Å². The molecular formula is C14H10FN3O3. The van der Waals surface area contributed by atoms with Crippen molar-refractivity contribution in [1.29, 1.82) is 0 Å². The number of hydrogen-bond donors (Lipinski definition) is 1. The molecule has 0 bridgehead atoms. The van der Waals surface area contributed by atoms with Crippen molar-refractivity contribution in [2.75, 3.05) is 12.5 Å². The Bertz CT molecular complexity index is 734. The minimum absolute atomic E-state index is 0.000133. The van der Waals surface area contributed by atoms with Crippen LogP contribution in [0.1, 0.15) is 20.7 Å². The van der Waals surface area contributed by atoms with E-state index in [0.29, 0.717) is 5.69 Å². The lowest BCUT2D eigenvalue weighted by Crippen LogP contribution is -2.35. The minimum Gasteiger partial charge on any atom is -0.494 e. The molecular weight excluding hydrogens is 277 g/mol. The lowest BCUT2D eigenvalue weighted by atomic mass is 10.1. The summed E-state index contributed by atoms with van der Waals surface area (Å²) in [7, 11) is 1.29. The second kappa shape index (κ2) is 4.86. The highest BCUT2D eigenvalue weighted by Gasteiger charge is 2.39. The van der Waals surface area contributed by atoms with E-state index < -0.39 is 17.6 Å². The van der Waals surface area contributed by atoms with Gasteiger partial charge in [-0.2, -0.15) is 5.01 Å². The van der Waals surface area contributed by atoms with Crippen LogP contribution in [0.3, 0.4) is 0 Å². The van der Waals surface area contributed by atoms with Crippen LogP contribution >= 0.6 is 0 Å². The Morgan fingerprint density at radius 1 is 1.14 bits per heavy atom. The largest absolute Gasteiger partial charge is 0.494 e. The van der Waals surface area contributed by atoms with E-state index in [9.17, 15) is 14.0 Å². The van der Waals surface area contributed by atoms with Gasteiger partial charge in [-0.25, -0.2) is 4.39 Å². The van der Waals surface area contributed by atoms with Gasteiger partial charge < -0.3 is 4.74 Å². The zero-order valence-corrected chi connectivity index (χ0v) is 11.0. The second-order valence-electron chi connectivity index (χ2n) is 4.30. The predicted octanol–water partition coefficient (Wildman–Crippen LogP) is 1.85. The molecule has 0 spiro atoms. The summed E-state index contributed by atoms with van der Waals surface area (Å²) in [6.07, 6.45) is 3.01. The van der Waals surface area contributed by atoms with Crippen LogP contribution in [0.2, 0.25) is 0 Å². The third-order valence-corrected chi connectivity index (χ3v) is 3.10. The number of carbonyl (C=O) groups is 2. The van der Waals surface area contributed by atoms with Crippen molar-refractivity contribution in [2.45, 2.75) is 0 Å². The van der Waals surface area contributed by atoms with Gasteiger partial charge in [0, 0.05) is 12.4 Å². The van der Waals surface area contributed by atoms with Gasteiger partial charge in [-0.05, 0) is 24.3 Å². The SMILES string of the molecule is COc1ccc2c(c1F)C(=O)N(Nc1ccncc1)C2=O. The summed E-state index contributed by atoms with van der Waals surface area (Å²) in [5, 5.41) is 0.766. The average Bonchev–Trinajstić information content (AvgIpc) is 2.74. The maximum Gasteiger partial charge on any atom is 0.283 e. The van der Waals surface area contributed by atoms with Crippen molar-refractivity contribution >= 4 is 17.5 Å². The first-order valence-electron chi connectivity index (χ1n) is 6.05. The molecule has 0 saturated heterocycles. The van der Waals surface area contributed by atoms with Crippen LogP contribution in [0, 0.1) is 5.82 Å². The molecule has 7 heteroatoms. The Kier molecular flexibility index (Phi) is 3.02. The third-order valence-electron chi connectivity index (χ3n) is 3.10. The number of hydrogen-bond acceptors (Lipinski definition) is 5. The Balaban J connectivity index is 1.99. The molecule has 0 saturated carbocycles. The number of methoxy groups -OCH3 is 1. The standard InChI is InChI=1S/C14H10FN3O3/c1-21-10-3-2-9-11(12(10)15)14(20)18(13(9)19)17-8-4-6-16-7-5-8/h2-7H,1H3,(H,16,17). The van der Waals surface area contributed by atoms with Gasteiger partial charge in [0.2, 0.25) is 0 Å². The highest BCUT2D eigenvalue weighted by Crippen LogP contribution is 2.30. The first kappa shape index (κ1) is 13.0. The number of ether oxygens (including phenoxy) is 1. The first-order chi connectivity index (χ1) is 10.1. The lowest BCUT2D eigenvalue weighted by molar-refractivity contribution is 0.0690. The molecule has 106 valence electrons. The van der Waals surface area contributed by atoms with E-state index in [0.717, 1.165) is 5.01 Å². The number of imide groups is 1. The number of amides is 2. The number of pyridine rings is 1. The molecule has 1 aromatic carbocycles. The maximum atomic E-state index is 14.1. The molecule has 6 nitrogen and oxygen atoms in total. The van der Waals surface area contributed by atoms with Crippen molar-refractivity contribution in [3.05, 3.63) is 53.6 Å². The Hall–Kier alpha value is -2.96. The molecule has 1 aliphatic heterocycles. The third kappa shape index (κ3) is 1.99. The van der Waals surface area contributed by atoms with Gasteiger partial charge in [-0.15, -0.1) is 0 Å². The highest BCUT2D eigenvalue weighted by molar-refractivity contribution is 6.22. The van der Waals surface area contributed by atoms with E-state index in [1.54, 1.807) is 12.1 Å². The Morgan fingerprint density at radius 3 is 2.52 bits per heavy atom. The molecule has 0 unspecified atom stereocenters. The number of halogens is 1. The summed E-state index contributed by atoms with van der Waals surface area (Å²) in [6.45, 7) is 0. The minimum atomic E-state index is -0.840. The summed E-state index contributed by atoms with van der Waals surface area (Å²) in [4.78, 5) is 28.2. The van der Waals surface area contributed by atoms with E-state index in [2.05, 4.69) is 10.4 Å². The van der Waals surface area contributed by atoms with Gasteiger partial charge in [0.05, 0.1) is 23.9 Å². The number of benzene rings is 1. The summed E-state index contributed by atoms with van der Waals surface area (Å²) >= 11 is 0. The molecule has 1 aliphatic rings. The van der Waals surface area contributed by atoms with E-state index in [1.807, 2.05) is 0 Å². The molecule has 0 fully saturated rings. The van der Waals surface area contributed by atoms with Crippen LogP contribution in [-0.4, -0.2) is 28.9 Å². The number of nitrogens with one attached hydrogen (secondary N) is 1. The number of anilines is 1. The second-order valence-corrected chi connectivity index (χ2v) is 4.30. The topological polar surface area (TPSA) is 71.5 Å². The predicted molar refractivity (Wildman–Crippen MR) is 71.3 cm³/mol. The molecule has 0 aliphatic carbocycles. The average molecular weight is 287 g/mol. The molecule has 3 rings (SSSR count). The van der Waals surface area contributed by atoms with Crippen LogP contribution in [0.5, 0.6) is 5.75 Å². The molecule has 1 aromatic heterocycles. The molecule has 2 amide bonds. The smallest absolute Gasteiger partial charge is 0.283 e. The van der Waals surface area contributed by atoms with Gasteiger partial charge in [-0.1, -0.05) is 0 Å². The number of rotatable bonds is 3. The zero-order valence-electron chi connectivity index (χ0n) is 11.0. The molecule has 2 heterocycles. The fourth-order valence-corrected chi connectivity index (χ4v) is 2.08. The maximum absolute atomic E-state index is 14.1. The van der Waals surface area contributed by atoms with Gasteiger partial charge in [-0.3, -0.25) is 20.0 Å². The van der Waals surface area contributed by atoms with Crippen molar-refractivity contribution < 1.29 is 18.7 Å². The Morgan fingerprint density at radius 2 is 1.86 bits per heavy atom. The van der Waals surface area contributed by atoms with Crippen molar-refractivity contribution in [3.8, 4) is 5.75 Å². The van der Waals surface area contributed by atoms with Crippen LogP contribution in [0.4, 0.5) is 10.1 Å². The normalized spacial score (nSPS) is 13.3.